The van der Waals surface area contributed by atoms with Crippen molar-refractivity contribution in [1.29, 1.82) is 0 Å². The SMILES string of the molecule is CC(C)N1CCCCC1COc1cccc2c1CCCN2. The number of rotatable bonds is 4. The van der Waals surface area contributed by atoms with E-state index in [0.29, 0.717) is 12.1 Å². The first-order valence-electron chi connectivity index (χ1n) is 8.50. The third-order valence-electron chi connectivity index (χ3n) is 4.82. The van der Waals surface area contributed by atoms with Gasteiger partial charge in [0.05, 0.1) is 0 Å². The third kappa shape index (κ3) is 3.34. The molecule has 0 aliphatic carbocycles. The van der Waals surface area contributed by atoms with Gasteiger partial charge in [0.15, 0.2) is 0 Å². The van der Waals surface area contributed by atoms with Gasteiger partial charge in [-0.15, -0.1) is 0 Å². The fraction of sp³-hybridized carbons (Fsp3) is 0.667. The van der Waals surface area contributed by atoms with Crippen molar-refractivity contribution in [3.63, 3.8) is 0 Å². The standard InChI is InChI=1S/C18H28N2O/c1-14(2)20-12-4-3-7-15(20)13-21-18-10-5-9-17-16(18)8-6-11-19-17/h5,9-10,14-15,19H,3-4,6-8,11-13H2,1-2H3. The largest absolute Gasteiger partial charge is 0.492 e. The number of nitrogens with one attached hydrogen (secondary N) is 1. The van der Waals surface area contributed by atoms with Crippen LogP contribution in [-0.2, 0) is 6.42 Å². The van der Waals surface area contributed by atoms with Crippen molar-refractivity contribution in [1.82, 2.24) is 4.90 Å². The fourth-order valence-electron chi connectivity index (χ4n) is 3.68. The average Bonchev–Trinajstić information content (AvgIpc) is 2.53. The smallest absolute Gasteiger partial charge is 0.124 e. The molecule has 1 atom stereocenters. The number of anilines is 1. The Balaban J connectivity index is 1.67. The van der Waals surface area contributed by atoms with E-state index < -0.39 is 0 Å². The van der Waals surface area contributed by atoms with Gasteiger partial charge in [0.2, 0.25) is 0 Å². The van der Waals surface area contributed by atoms with E-state index >= 15 is 0 Å². The van der Waals surface area contributed by atoms with E-state index in [0.717, 1.165) is 25.3 Å². The topological polar surface area (TPSA) is 24.5 Å². The van der Waals surface area contributed by atoms with Gasteiger partial charge in [-0.3, -0.25) is 4.90 Å². The van der Waals surface area contributed by atoms with Crippen molar-refractivity contribution in [2.24, 2.45) is 0 Å². The molecule has 0 spiro atoms. The van der Waals surface area contributed by atoms with Crippen LogP contribution in [0.5, 0.6) is 5.75 Å². The predicted molar refractivity (Wildman–Crippen MR) is 88.2 cm³/mol. The first kappa shape index (κ1) is 14.7. The van der Waals surface area contributed by atoms with Crippen LogP contribution in [0.3, 0.4) is 0 Å². The van der Waals surface area contributed by atoms with E-state index in [9.17, 15) is 0 Å². The van der Waals surface area contributed by atoms with Crippen LogP contribution in [0.25, 0.3) is 0 Å². The average molecular weight is 288 g/mol. The molecular weight excluding hydrogens is 260 g/mol. The lowest BCUT2D eigenvalue weighted by atomic mass is 10.0. The molecule has 2 heterocycles. The lowest BCUT2D eigenvalue weighted by Gasteiger charge is -2.38. The van der Waals surface area contributed by atoms with E-state index in [1.54, 1.807) is 0 Å². The van der Waals surface area contributed by atoms with Gasteiger partial charge in [-0.25, -0.2) is 0 Å². The second kappa shape index (κ2) is 6.69. The number of benzene rings is 1. The van der Waals surface area contributed by atoms with Crippen molar-refractivity contribution in [3.05, 3.63) is 23.8 Å². The molecule has 1 unspecified atom stereocenters. The van der Waals surface area contributed by atoms with Gasteiger partial charge in [0.1, 0.15) is 12.4 Å². The highest BCUT2D eigenvalue weighted by molar-refractivity contribution is 5.59. The molecule has 3 rings (SSSR count). The molecule has 0 bridgehead atoms. The summed E-state index contributed by atoms with van der Waals surface area (Å²) in [6, 6.07) is 7.60. The zero-order valence-electron chi connectivity index (χ0n) is 13.4. The highest BCUT2D eigenvalue weighted by Crippen LogP contribution is 2.31. The Morgan fingerprint density at radius 1 is 1.29 bits per heavy atom. The molecule has 0 radical (unpaired) electrons. The molecule has 1 saturated heterocycles. The van der Waals surface area contributed by atoms with Gasteiger partial charge in [-0.1, -0.05) is 12.5 Å². The van der Waals surface area contributed by atoms with Crippen LogP contribution in [0.4, 0.5) is 5.69 Å². The number of piperidine rings is 1. The molecule has 1 aromatic carbocycles. The van der Waals surface area contributed by atoms with Gasteiger partial charge in [-0.2, -0.15) is 0 Å². The highest BCUT2D eigenvalue weighted by atomic mass is 16.5. The first-order chi connectivity index (χ1) is 10.3. The predicted octanol–water partition coefficient (Wildman–Crippen LogP) is 3.69. The Morgan fingerprint density at radius 3 is 3.05 bits per heavy atom. The van der Waals surface area contributed by atoms with E-state index in [1.165, 1.54) is 43.5 Å². The summed E-state index contributed by atoms with van der Waals surface area (Å²) in [6.45, 7) is 7.73. The minimum Gasteiger partial charge on any atom is -0.492 e. The molecule has 2 aliphatic heterocycles. The summed E-state index contributed by atoms with van der Waals surface area (Å²) in [7, 11) is 0. The zero-order chi connectivity index (χ0) is 14.7. The van der Waals surface area contributed by atoms with Crippen molar-refractivity contribution >= 4 is 5.69 Å². The maximum atomic E-state index is 6.24. The maximum absolute atomic E-state index is 6.24. The molecule has 1 fully saturated rings. The van der Waals surface area contributed by atoms with E-state index in [-0.39, 0.29) is 0 Å². The molecule has 2 aliphatic rings. The number of hydrogen-bond acceptors (Lipinski definition) is 3. The molecule has 0 amide bonds. The highest BCUT2D eigenvalue weighted by Gasteiger charge is 2.25. The van der Waals surface area contributed by atoms with E-state index in [1.807, 2.05) is 0 Å². The summed E-state index contributed by atoms with van der Waals surface area (Å²) in [5, 5.41) is 3.48. The van der Waals surface area contributed by atoms with E-state index in [4.69, 9.17) is 4.74 Å². The van der Waals surface area contributed by atoms with E-state index in [2.05, 4.69) is 42.3 Å². The molecule has 1 N–H and O–H groups in total. The van der Waals surface area contributed by atoms with Crippen LogP contribution >= 0.6 is 0 Å². The summed E-state index contributed by atoms with van der Waals surface area (Å²) in [4.78, 5) is 2.61. The molecule has 0 aromatic heterocycles. The summed E-state index contributed by atoms with van der Waals surface area (Å²) in [6.07, 6.45) is 6.28. The quantitative estimate of drug-likeness (QED) is 0.914. The summed E-state index contributed by atoms with van der Waals surface area (Å²) in [5.74, 6) is 1.09. The molecule has 116 valence electrons. The van der Waals surface area contributed by atoms with Crippen molar-refractivity contribution < 1.29 is 4.74 Å². The van der Waals surface area contributed by atoms with Crippen LogP contribution < -0.4 is 10.1 Å². The Bertz CT molecular complexity index is 472. The van der Waals surface area contributed by atoms with Gasteiger partial charge < -0.3 is 10.1 Å². The van der Waals surface area contributed by atoms with Crippen LogP contribution in [-0.4, -0.2) is 36.7 Å². The minimum atomic E-state index is 0.575. The molecule has 1 aromatic rings. The Hall–Kier alpha value is -1.22. The first-order valence-corrected chi connectivity index (χ1v) is 8.50. The normalized spacial score (nSPS) is 22.7. The maximum Gasteiger partial charge on any atom is 0.124 e. The number of ether oxygens (including phenoxy) is 1. The second-order valence-electron chi connectivity index (χ2n) is 6.60. The van der Waals surface area contributed by atoms with Crippen molar-refractivity contribution in [2.45, 2.75) is 58.0 Å². The summed E-state index contributed by atoms with van der Waals surface area (Å²) >= 11 is 0. The number of hydrogen-bond donors (Lipinski definition) is 1. The molecular formula is C18H28N2O. The fourth-order valence-corrected chi connectivity index (χ4v) is 3.68. The summed E-state index contributed by atoms with van der Waals surface area (Å²) < 4.78 is 6.24. The minimum absolute atomic E-state index is 0.575. The van der Waals surface area contributed by atoms with Crippen LogP contribution in [0.2, 0.25) is 0 Å². The van der Waals surface area contributed by atoms with Crippen molar-refractivity contribution in [2.75, 3.05) is 25.0 Å². The number of nitrogens with zero attached hydrogens (tertiary/aromatic N) is 1. The van der Waals surface area contributed by atoms with Gasteiger partial charge in [-0.05, 0) is 58.2 Å². The van der Waals surface area contributed by atoms with Crippen LogP contribution in [0.15, 0.2) is 18.2 Å². The Kier molecular flexibility index (Phi) is 4.69. The number of likely N-dealkylation sites (tertiary alicyclic amines) is 1. The van der Waals surface area contributed by atoms with Gasteiger partial charge in [0.25, 0.3) is 0 Å². The molecule has 3 nitrogen and oxygen atoms in total. The van der Waals surface area contributed by atoms with Crippen LogP contribution in [0.1, 0.15) is 45.1 Å². The second-order valence-corrected chi connectivity index (χ2v) is 6.60. The lowest BCUT2D eigenvalue weighted by Crippen LogP contribution is -2.46. The zero-order valence-corrected chi connectivity index (χ0v) is 13.4. The number of fused-ring (bicyclic) bond motifs is 1. The van der Waals surface area contributed by atoms with Crippen molar-refractivity contribution in [3.8, 4) is 5.75 Å². The third-order valence-corrected chi connectivity index (χ3v) is 4.82. The Labute approximate surface area is 128 Å². The lowest BCUT2D eigenvalue weighted by molar-refractivity contribution is 0.0730. The van der Waals surface area contributed by atoms with Gasteiger partial charge >= 0.3 is 0 Å². The molecule has 0 saturated carbocycles. The van der Waals surface area contributed by atoms with Gasteiger partial charge in [0, 0.05) is 29.9 Å². The Morgan fingerprint density at radius 2 is 2.19 bits per heavy atom. The monoisotopic (exact) mass is 288 g/mol. The molecule has 3 heteroatoms. The van der Waals surface area contributed by atoms with Crippen LogP contribution in [0, 0.1) is 0 Å². The molecule has 21 heavy (non-hydrogen) atoms. The summed E-state index contributed by atoms with van der Waals surface area (Å²) in [5.41, 5.74) is 2.64.